The summed E-state index contributed by atoms with van der Waals surface area (Å²) in [4.78, 5) is 26.9. The van der Waals surface area contributed by atoms with Crippen LogP contribution in [0.5, 0.6) is 0 Å². The summed E-state index contributed by atoms with van der Waals surface area (Å²) in [6.45, 7) is 8.73. The van der Waals surface area contributed by atoms with Gasteiger partial charge in [0.25, 0.3) is 0 Å². The Morgan fingerprint density at radius 1 is 1.25 bits per heavy atom. The molecule has 2 aliphatic rings. The van der Waals surface area contributed by atoms with Gasteiger partial charge in [0.05, 0.1) is 0 Å². The summed E-state index contributed by atoms with van der Waals surface area (Å²) < 4.78 is 0. The van der Waals surface area contributed by atoms with Crippen LogP contribution < -0.4 is 5.32 Å². The first-order valence-electron chi connectivity index (χ1n) is 7.64. The number of rotatable bonds is 4. The van der Waals surface area contributed by atoms with Crippen LogP contribution in [0.3, 0.4) is 0 Å². The lowest BCUT2D eigenvalue weighted by molar-refractivity contribution is -0.152. The molecule has 2 rings (SSSR count). The van der Waals surface area contributed by atoms with E-state index in [4.69, 9.17) is 0 Å². The predicted octanol–water partition coefficient (Wildman–Crippen LogP) is 1.89. The molecule has 5 heteroatoms. The lowest BCUT2D eigenvalue weighted by Gasteiger charge is -2.42. The summed E-state index contributed by atoms with van der Waals surface area (Å²) in [5.41, 5.74) is 0. The number of nitrogens with one attached hydrogen (secondary N) is 1. The molecule has 1 N–H and O–H groups in total. The van der Waals surface area contributed by atoms with Gasteiger partial charge in [0.2, 0.25) is 11.8 Å². The molecular weight excluding hydrogens is 272 g/mol. The fourth-order valence-corrected chi connectivity index (χ4v) is 4.35. The highest BCUT2D eigenvalue weighted by Crippen LogP contribution is 2.29. The van der Waals surface area contributed by atoms with E-state index >= 15 is 0 Å². The Bertz CT molecular complexity index is 378. The van der Waals surface area contributed by atoms with Crippen LogP contribution in [0, 0.1) is 11.8 Å². The Labute approximate surface area is 126 Å². The zero-order chi connectivity index (χ0) is 14.9. The highest BCUT2D eigenvalue weighted by Gasteiger charge is 2.43. The number of carbonyl (C=O) groups excluding carboxylic acids is 2. The average molecular weight is 298 g/mol. The molecule has 3 atom stereocenters. The highest BCUT2D eigenvalue weighted by atomic mass is 32.2. The summed E-state index contributed by atoms with van der Waals surface area (Å²) in [6, 6.07) is -0.664. The summed E-state index contributed by atoms with van der Waals surface area (Å²) in [5, 5.41) is 3.41. The Hall–Kier alpha value is -0.710. The SMILES string of the molecule is CC(C)C1NC(=O)C(C(C)C)N(CC2CCCS2)C1=O. The summed E-state index contributed by atoms with van der Waals surface area (Å²) in [5.74, 6) is 1.59. The molecule has 0 aromatic rings. The van der Waals surface area contributed by atoms with Crippen molar-refractivity contribution in [3.05, 3.63) is 0 Å². The number of nitrogens with zero attached hydrogens (tertiary/aromatic N) is 1. The smallest absolute Gasteiger partial charge is 0.246 e. The van der Waals surface area contributed by atoms with Gasteiger partial charge in [-0.25, -0.2) is 0 Å². The standard InChI is InChI=1S/C15H26N2O2S/c1-9(2)12-15(19)17(8-11-6-5-7-20-11)13(10(3)4)14(18)16-12/h9-13H,5-8H2,1-4H3,(H,16,18). The van der Waals surface area contributed by atoms with E-state index in [0.717, 1.165) is 13.0 Å². The van der Waals surface area contributed by atoms with Gasteiger partial charge in [-0.15, -0.1) is 0 Å². The molecule has 2 saturated heterocycles. The maximum atomic E-state index is 12.7. The minimum absolute atomic E-state index is 0.0151. The van der Waals surface area contributed by atoms with Crippen molar-refractivity contribution in [2.45, 2.75) is 57.9 Å². The van der Waals surface area contributed by atoms with Gasteiger partial charge in [0.1, 0.15) is 12.1 Å². The molecule has 2 aliphatic heterocycles. The molecule has 0 saturated carbocycles. The topological polar surface area (TPSA) is 49.4 Å². The fraction of sp³-hybridized carbons (Fsp3) is 0.867. The molecule has 2 fully saturated rings. The molecule has 3 unspecified atom stereocenters. The Morgan fingerprint density at radius 3 is 2.45 bits per heavy atom. The lowest BCUT2D eigenvalue weighted by atomic mass is 9.92. The largest absolute Gasteiger partial charge is 0.342 e. The average Bonchev–Trinajstić information content (AvgIpc) is 2.85. The highest BCUT2D eigenvalue weighted by molar-refractivity contribution is 8.00. The number of thioether (sulfide) groups is 1. The zero-order valence-electron chi connectivity index (χ0n) is 12.9. The third kappa shape index (κ3) is 3.13. The number of hydrogen-bond donors (Lipinski definition) is 1. The van der Waals surface area contributed by atoms with Gasteiger partial charge in [0, 0.05) is 11.8 Å². The molecule has 0 aromatic heterocycles. The predicted molar refractivity (Wildman–Crippen MR) is 82.6 cm³/mol. The maximum absolute atomic E-state index is 12.7. The van der Waals surface area contributed by atoms with Crippen LogP contribution in [0.1, 0.15) is 40.5 Å². The minimum Gasteiger partial charge on any atom is -0.342 e. The summed E-state index contributed by atoms with van der Waals surface area (Å²) in [6.07, 6.45) is 2.39. The lowest BCUT2D eigenvalue weighted by Crippen LogP contribution is -2.66. The van der Waals surface area contributed by atoms with Gasteiger partial charge in [-0.3, -0.25) is 9.59 Å². The van der Waals surface area contributed by atoms with Crippen molar-refractivity contribution in [1.82, 2.24) is 10.2 Å². The molecule has 0 aliphatic carbocycles. The van der Waals surface area contributed by atoms with Crippen LogP contribution in [0.4, 0.5) is 0 Å². The van der Waals surface area contributed by atoms with Crippen LogP contribution in [-0.2, 0) is 9.59 Å². The molecule has 2 amide bonds. The van der Waals surface area contributed by atoms with E-state index in [1.807, 2.05) is 44.4 Å². The first-order valence-corrected chi connectivity index (χ1v) is 8.69. The second kappa shape index (κ2) is 6.37. The van der Waals surface area contributed by atoms with E-state index in [2.05, 4.69) is 5.32 Å². The molecule has 4 nitrogen and oxygen atoms in total. The third-order valence-electron chi connectivity index (χ3n) is 4.17. The van der Waals surface area contributed by atoms with Crippen LogP contribution in [0.2, 0.25) is 0 Å². The van der Waals surface area contributed by atoms with Gasteiger partial charge in [-0.05, 0) is 30.4 Å². The van der Waals surface area contributed by atoms with E-state index in [-0.39, 0.29) is 35.7 Å². The molecule has 0 spiro atoms. The molecular formula is C15H26N2O2S. The van der Waals surface area contributed by atoms with Crippen LogP contribution in [0.25, 0.3) is 0 Å². The van der Waals surface area contributed by atoms with E-state index in [1.54, 1.807) is 0 Å². The van der Waals surface area contributed by atoms with Crippen molar-refractivity contribution in [2.75, 3.05) is 12.3 Å². The maximum Gasteiger partial charge on any atom is 0.246 e. The van der Waals surface area contributed by atoms with Crippen molar-refractivity contribution in [3.8, 4) is 0 Å². The second-order valence-electron chi connectivity index (χ2n) is 6.54. The van der Waals surface area contributed by atoms with E-state index in [0.29, 0.717) is 5.25 Å². The van der Waals surface area contributed by atoms with Gasteiger partial charge in [0.15, 0.2) is 0 Å². The molecule has 20 heavy (non-hydrogen) atoms. The van der Waals surface area contributed by atoms with E-state index in [1.165, 1.54) is 12.2 Å². The normalized spacial score (nSPS) is 31.3. The molecule has 0 bridgehead atoms. The molecule has 0 aromatic carbocycles. The van der Waals surface area contributed by atoms with Crippen LogP contribution in [-0.4, -0.2) is 46.3 Å². The van der Waals surface area contributed by atoms with Crippen LogP contribution in [0.15, 0.2) is 0 Å². The summed E-state index contributed by atoms with van der Waals surface area (Å²) in [7, 11) is 0. The number of piperazine rings is 1. The van der Waals surface area contributed by atoms with Gasteiger partial charge >= 0.3 is 0 Å². The minimum atomic E-state index is -0.357. The van der Waals surface area contributed by atoms with Crippen molar-refractivity contribution < 1.29 is 9.59 Å². The first-order chi connectivity index (χ1) is 9.41. The van der Waals surface area contributed by atoms with E-state index < -0.39 is 0 Å². The van der Waals surface area contributed by atoms with Gasteiger partial charge in [-0.1, -0.05) is 27.7 Å². The zero-order valence-corrected chi connectivity index (χ0v) is 13.7. The van der Waals surface area contributed by atoms with Gasteiger partial charge in [-0.2, -0.15) is 11.8 Å². The van der Waals surface area contributed by atoms with Crippen molar-refractivity contribution in [1.29, 1.82) is 0 Å². The van der Waals surface area contributed by atoms with Crippen molar-refractivity contribution in [2.24, 2.45) is 11.8 Å². The molecule has 0 radical (unpaired) electrons. The molecule has 114 valence electrons. The Kier molecular flexibility index (Phi) is 4.99. The number of carbonyl (C=O) groups is 2. The fourth-order valence-electron chi connectivity index (χ4n) is 3.08. The Balaban J connectivity index is 2.18. The summed E-state index contributed by atoms with van der Waals surface area (Å²) >= 11 is 1.94. The number of amides is 2. The first kappa shape index (κ1) is 15.7. The molecule has 2 heterocycles. The second-order valence-corrected chi connectivity index (χ2v) is 7.95. The third-order valence-corrected chi connectivity index (χ3v) is 5.55. The Morgan fingerprint density at radius 2 is 1.95 bits per heavy atom. The monoisotopic (exact) mass is 298 g/mol. The van der Waals surface area contributed by atoms with Crippen molar-refractivity contribution >= 4 is 23.6 Å². The van der Waals surface area contributed by atoms with Gasteiger partial charge < -0.3 is 10.2 Å². The van der Waals surface area contributed by atoms with E-state index in [9.17, 15) is 9.59 Å². The van der Waals surface area contributed by atoms with Crippen molar-refractivity contribution in [3.63, 3.8) is 0 Å². The van der Waals surface area contributed by atoms with Crippen LogP contribution >= 0.6 is 11.8 Å². The quantitative estimate of drug-likeness (QED) is 0.862. The number of hydrogen-bond acceptors (Lipinski definition) is 3.